The van der Waals surface area contributed by atoms with E-state index in [1.807, 2.05) is 0 Å². The summed E-state index contributed by atoms with van der Waals surface area (Å²) in [5, 5.41) is 28.7. The Hall–Kier alpha value is -2.01. The summed E-state index contributed by atoms with van der Waals surface area (Å²) in [6, 6.07) is 0. The third kappa shape index (κ3) is 1.78. The van der Waals surface area contributed by atoms with Crippen LogP contribution in [0.15, 0.2) is 11.1 Å². The van der Waals surface area contributed by atoms with E-state index in [-0.39, 0.29) is 17.1 Å². The molecule has 1 saturated heterocycles. The van der Waals surface area contributed by atoms with E-state index in [4.69, 9.17) is 15.6 Å². The smallest absolute Gasteiger partial charge is 0.280 e. The van der Waals surface area contributed by atoms with Crippen molar-refractivity contribution in [2.75, 3.05) is 12.3 Å². The maximum absolute atomic E-state index is 11.7. The Morgan fingerprint density at radius 1 is 1.45 bits per heavy atom. The lowest BCUT2D eigenvalue weighted by molar-refractivity contribution is -0.0511. The first-order valence-corrected chi connectivity index (χ1v) is 5.87. The SMILES string of the molecule is N[13c]1nc2c(ncn2[C@@H]2O[C@H](CO)[C@@H](O)[C@H]2O)c(=O)[nH]1. The van der Waals surface area contributed by atoms with Gasteiger partial charge in [-0.05, 0) is 0 Å². The van der Waals surface area contributed by atoms with E-state index < -0.39 is 36.7 Å². The van der Waals surface area contributed by atoms with Gasteiger partial charge in [0.25, 0.3) is 5.56 Å². The third-order valence-corrected chi connectivity index (χ3v) is 3.24. The highest BCUT2D eigenvalue weighted by molar-refractivity contribution is 5.70. The number of ether oxygens (including phenoxy) is 1. The van der Waals surface area contributed by atoms with Gasteiger partial charge in [-0.25, -0.2) is 4.98 Å². The van der Waals surface area contributed by atoms with E-state index in [0.29, 0.717) is 0 Å². The molecular weight excluding hydrogens is 271 g/mol. The summed E-state index contributed by atoms with van der Waals surface area (Å²) >= 11 is 0. The number of aromatic amines is 1. The van der Waals surface area contributed by atoms with Crippen molar-refractivity contribution in [1.29, 1.82) is 0 Å². The number of nitrogens with one attached hydrogen (secondary N) is 1. The van der Waals surface area contributed by atoms with Gasteiger partial charge in [-0.3, -0.25) is 14.3 Å². The van der Waals surface area contributed by atoms with Crippen molar-refractivity contribution in [3.63, 3.8) is 0 Å². The monoisotopic (exact) mass is 284 g/mol. The number of hydrogen-bond acceptors (Lipinski definition) is 8. The molecule has 10 nitrogen and oxygen atoms in total. The van der Waals surface area contributed by atoms with E-state index in [1.165, 1.54) is 10.9 Å². The Balaban J connectivity index is 2.09. The average Bonchev–Trinajstić information content (AvgIpc) is 2.93. The highest BCUT2D eigenvalue weighted by Crippen LogP contribution is 2.30. The van der Waals surface area contributed by atoms with E-state index >= 15 is 0 Å². The van der Waals surface area contributed by atoms with Crippen LogP contribution in [0.3, 0.4) is 0 Å². The summed E-state index contributed by atoms with van der Waals surface area (Å²) < 4.78 is 6.64. The van der Waals surface area contributed by atoms with Gasteiger partial charge in [-0.1, -0.05) is 0 Å². The number of imidazole rings is 1. The molecule has 2 aromatic heterocycles. The van der Waals surface area contributed by atoms with Gasteiger partial charge in [0, 0.05) is 0 Å². The number of nitrogens with two attached hydrogens (primary N) is 1. The van der Waals surface area contributed by atoms with Gasteiger partial charge in [-0.2, -0.15) is 4.98 Å². The number of aliphatic hydroxyl groups is 3. The van der Waals surface area contributed by atoms with Crippen molar-refractivity contribution in [2.45, 2.75) is 24.5 Å². The maximum Gasteiger partial charge on any atom is 0.280 e. The van der Waals surface area contributed by atoms with Crippen LogP contribution in [0, 0.1) is 0 Å². The zero-order valence-electron chi connectivity index (χ0n) is 10.2. The molecule has 0 unspecified atom stereocenters. The van der Waals surface area contributed by atoms with Gasteiger partial charge in [-0.15, -0.1) is 0 Å². The number of anilines is 1. The second kappa shape index (κ2) is 4.52. The van der Waals surface area contributed by atoms with Crippen molar-refractivity contribution in [3.8, 4) is 0 Å². The predicted molar refractivity (Wildman–Crippen MR) is 65.6 cm³/mol. The average molecular weight is 284 g/mol. The topological polar surface area (TPSA) is 160 Å². The summed E-state index contributed by atoms with van der Waals surface area (Å²) in [5.74, 6) is -0.101. The molecule has 3 heterocycles. The van der Waals surface area contributed by atoms with Gasteiger partial charge < -0.3 is 25.8 Å². The molecule has 20 heavy (non-hydrogen) atoms. The van der Waals surface area contributed by atoms with E-state index in [9.17, 15) is 15.0 Å². The predicted octanol–water partition coefficient (Wildman–Crippen LogP) is -2.69. The number of nitrogens with zero attached hydrogens (tertiary/aromatic N) is 3. The van der Waals surface area contributed by atoms with Crippen LogP contribution in [0.2, 0.25) is 0 Å². The minimum absolute atomic E-state index is 0.0388. The summed E-state index contributed by atoms with van der Waals surface area (Å²) in [4.78, 5) is 21.8. The quantitative estimate of drug-likeness (QED) is 0.398. The number of H-pyrrole nitrogens is 1. The Morgan fingerprint density at radius 3 is 2.85 bits per heavy atom. The number of hydrogen-bond donors (Lipinski definition) is 5. The van der Waals surface area contributed by atoms with Crippen LogP contribution < -0.4 is 11.3 Å². The number of aliphatic hydroxyl groups excluding tert-OH is 3. The first-order chi connectivity index (χ1) is 9.52. The molecule has 1 aliphatic heterocycles. The van der Waals surface area contributed by atoms with Crippen molar-refractivity contribution < 1.29 is 20.1 Å². The van der Waals surface area contributed by atoms with Crippen molar-refractivity contribution in [1.82, 2.24) is 19.5 Å². The van der Waals surface area contributed by atoms with E-state index in [0.717, 1.165) is 0 Å². The van der Waals surface area contributed by atoms with E-state index in [2.05, 4.69) is 15.0 Å². The second-order valence-corrected chi connectivity index (χ2v) is 4.50. The molecule has 6 N–H and O–H groups in total. The molecule has 0 spiro atoms. The molecule has 0 saturated carbocycles. The van der Waals surface area contributed by atoms with Crippen LogP contribution in [-0.4, -0.2) is 59.8 Å². The highest BCUT2D eigenvalue weighted by Gasteiger charge is 2.44. The van der Waals surface area contributed by atoms with Crippen LogP contribution in [-0.2, 0) is 4.74 Å². The van der Waals surface area contributed by atoms with E-state index in [1.54, 1.807) is 0 Å². The van der Waals surface area contributed by atoms with Crippen molar-refractivity contribution in [2.24, 2.45) is 0 Å². The molecular formula is C10H13N5O5. The Bertz CT molecular complexity index is 697. The second-order valence-electron chi connectivity index (χ2n) is 4.50. The lowest BCUT2D eigenvalue weighted by atomic mass is 10.1. The molecule has 3 rings (SSSR count). The van der Waals surface area contributed by atoms with Gasteiger partial charge in [0.05, 0.1) is 12.9 Å². The van der Waals surface area contributed by atoms with Crippen molar-refractivity contribution >= 4 is 17.1 Å². The molecule has 0 bridgehead atoms. The Kier molecular flexibility index (Phi) is 2.94. The Morgan fingerprint density at radius 2 is 2.20 bits per heavy atom. The molecule has 2 aromatic rings. The summed E-state index contributed by atoms with van der Waals surface area (Å²) in [6.45, 7) is -0.447. The van der Waals surface area contributed by atoms with Gasteiger partial charge in [0.15, 0.2) is 17.4 Å². The van der Waals surface area contributed by atoms with Crippen LogP contribution in [0.1, 0.15) is 6.23 Å². The number of aromatic nitrogens is 4. The minimum atomic E-state index is -1.29. The van der Waals surface area contributed by atoms with Gasteiger partial charge >= 0.3 is 0 Å². The molecule has 0 aromatic carbocycles. The van der Waals surface area contributed by atoms with Crippen molar-refractivity contribution in [3.05, 3.63) is 16.7 Å². The minimum Gasteiger partial charge on any atom is -0.394 e. The lowest BCUT2D eigenvalue weighted by Gasteiger charge is -2.16. The molecule has 0 radical (unpaired) electrons. The van der Waals surface area contributed by atoms with Gasteiger partial charge in [0.1, 0.15) is 18.3 Å². The molecule has 1 fully saturated rings. The highest BCUT2D eigenvalue weighted by atomic mass is 16.6. The molecule has 4 atom stereocenters. The fourth-order valence-electron chi connectivity index (χ4n) is 2.24. The lowest BCUT2D eigenvalue weighted by Crippen LogP contribution is -2.33. The molecule has 1 aliphatic rings. The zero-order valence-corrected chi connectivity index (χ0v) is 10.2. The molecule has 108 valence electrons. The first-order valence-electron chi connectivity index (χ1n) is 5.87. The van der Waals surface area contributed by atoms with Crippen LogP contribution >= 0.6 is 0 Å². The number of nitrogen functional groups attached to an aromatic ring is 1. The summed E-state index contributed by atoms with van der Waals surface area (Å²) in [5.41, 5.74) is 5.12. The normalized spacial score (nSPS) is 30.1. The maximum atomic E-state index is 11.7. The molecule has 0 aliphatic carbocycles. The van der Waals surface area contributed by atoms with Crippen LogP contribution in [0.4, 0.5) is 5.95 Å². The summed E-state index contributed by atoms with van der Waals surface area (Å²) in [6.07, 6.45) is -3.21. The number of fused-ring (bicyclic) bond motifs is 1. The van der Waals surface area contributed by atoms with Gasteiger partial charge in [0.2, 0.25) is 5.95 Å². The molecule has 0 amide bonds. The summed E-state index contributed by atoms with van der Waals surface area (Å²) in [7, 11) is 0. The largest absolute Gasteiger partial charge is 0.394 e. The van der Waals surface area contributed by atoms with Crippen LogP contribution in [0.25, 0.3) is 11.2 Å². The first kappa shape index (κ1) is 13.0. The fraction of sp³-hybridized carbons (Fsp3) is 0.500. The number of rotatable bonds is 2. The van der Waals surface area contributed by atoms with Crippen LogP contribution in [0.5, 0.6) is 0 Å². The third-order valence-electron chi connectivity index (χ3n) is 3.24. The molecule has 10 heteroatoms. The zero-order chi connectivity index (χ0) is 14.4. The Labute approximate surface area is 111 Å². The fourth-order valence-corrected chi connectivity index (χ4v) is 2.24. The standard InChI is InChI=1S/C10H13N5O5/c11-10-13-7-4(8(19)14-10)12-2-15(7)9-6(18)5(17)3(1-16)20-9/h2-3,5-6,9,16-18H,1H2,(H3,11,13,14,19)/t3-,5-,6-,9-/m1/s1/i10+1.